The zero-order valence-corrected chi connectivity index (χ0v) is 12.4. The predicted octanol–water partition coefficient (Wildman–Crippen LogP) is 1.48. The topological polar surface area (TPSA) is 83.5 Å². The average Bonchev–Trinajstić information content (AvgIpc) is 2.34. The molecule has 0 amide bonds. The maximum absolute atomic E-state index is 12.1. The van der Waals surface area contributed by atoms with Crippen molar-refractivity contribution < 1.29 is 18.3 Å². The van der Waals surface area contributed by atoms with Crippen LogP contribution in [0.5, 0.6) is 0 Å². The van der Waals surface area contributed by atoms with Crippen molar-refractivity contribution in [2.45, 2.75) is 24.3 Å². The average molecular weight is 303 g/mol. The van der Waals surface area contributed by atoms with Crippen molar-refractivity contribution >= 4 is 27.8 Å². The summed E-state index contributed by atoms with van der Waals surface area (Å²) in [6, 6.07) is 5.26. The van der Waals surface area contributed by atoms with Gasteiger partial charge in [0, 0.05) is 0 Å². The lowest BCUT2D eigenvalue weighted by Crippen LogP contribution is -2.41. The minimum Gasteiger partial charge on any atom is -0.480 e. The van der Waals surface area contributed by atoms with Gasteiger partial charge in [0.05, 0.1) is 4.90 Å². The van der Waals surface area contributed by atoms with Crippen molar-refractivity contribution in [2.75, 3.05) is 12.0 Å². The van der Waals surface area contributed by atoms with Crippen molar-refractivity contribution in [1.29, 1.82) is 0 Å². The summed E-state index contributed by atoms with van der Waals surface area (Å²) < 4.78 is 26.4. The summed E-state index contributed by atoms with van der Waals surface area (Å²) in [6.45, 7) is 1.78. The van der Waals surface area contributed by atoms with Crippen LogP contribution in [0, 0.1) is 6.92 Å². The highest BCUT2D eigenvalue weighted by molar-refractivity contribution is 7.98. The van der Waals surface area contributed by atoms with Crippen LogP contribution in [0.3, 0.4) is 0 Å². The van der Waals surface area contributed by atoms with E-state index in [1.807, 2.05) is 6.26 Å². The van der Waals surface area contributed by atoms with Crippen LogP contribution in [-0.2, 0) is 14.8 Å². The molecule has 0 heterocycles. The molecule has 0 bridgehead atoms. The first-order valence-electron chi connectivity index (χ1n) is 5.67. The zero-order chi connectivity index (χ0) is 14.5. The first-order chi connectivity index (χ1) is 8.86. The molecule has 19 heavy (non-hydrogen) atoms. The Balaban J connectivity index is 2.91. The third-order valence-electron chi connectivity index (χ3n) is 2.51. The van der Waals surface area contributed by atoms with Gasteiger partial charge in [-0.2, -0.15) is 16.5 Å². The van der Waals surface area contributed by atoms with Crippen LogP contribution in [0.25, 0.3) is 0 Å². The van der Waals surface area contributed by atoms with E-state index in [9.17, 15) is 13.2 Å². The number of hydrogen-bond acceptors (Lipinski definition) is 4. The van der Waals surface area contributed by atoms with Gasteiger partial charge >= 0.3 is 5.97 Å². The molecule has 0 radical (unpaired) electrons. The van der Waals surface area contributed by atoms with Crippen molar-refractivity contribution in [3.8, 4) is 0 Å². The van der Waals surface area contributed by atoms with E-state index in [2.05, 4.69) is 4.72 Å². The molecule has 106 valence electrons. The molecular weight excluding hydrogens is 286 g/mol. The standard InChI is InChI=1S/C12H17NO4S2/c1-9-4-3-5-10(8-9)19(16,17)13-11(12(14)15)6-7-18-2/h3-5,8,11,13H,6-7H2,1-2H3,(H,14,15)/t11-/m1/s1. The summed E-state index contributed by atoms with van der Waals surface area (Å²) in [4.78, 5) is 11.1. The lowest BCUT2D eigenvalue weighted by Gasteiger charge is -2.14. The number of benzene rings is 1. The molecule has 7 heteroatoms. The molecule has 1 atom stereocenters. The molecule has 1 aromatic rings. The number of nitrogens with one attached hydrogen (secondary N) is 1. The van der Waals surface area contributed by atoms with Crippen LogP contribution in [0.4, 0.5) is 0 Å². The maximum atomic E-state index is 12.1. The van der Waals surface area contributed by atoms with Crippen molar-refractivity contribution in [2.24, 2.45) is 0 Å². The number of carboxylic acids is 1. The smallest absolute Gasteiger partial charge is 0.321 e. The highest BCUT2D eigenvalue weighted by Crippen LogP contribution is 2.12. The molecule has 0 aliphatic heterocycles. The van der Waals surface area contributed by atoms with Gasteiger partial charge in [-0.1, -0.05) is 12.1 Å². The van der Waals surface area contributed by atoms with Crippen molar-refractivity contribution in [1.82, 2.24) is 4.72 Å². The lowest BCUT2D eigenvalue weighted by molar-refractivity contribution is -0.139. The van der Waals surface area contributed by atoms with Gasteiger partial charge in [-0.15, -0.1) is 0 Å². The van der Waals surface area contributed by atoms with Crippen LogP contribution in [-0.4, -0.2) is 37.5 Å². The Labute approximate surface area is 117 Å². The van der Waals surface area contributed by atoms with Crippen LogP contribution < -0.4 is 4.72 Å². The molecule has 2 N–H and O–H groups in total. The SMILES string of the molecule is CSCC[C@@H](NS(=O)(=O)c1cccc(C)c1)C(=O)O. The summed E-state index contributed by atoms with van der Waals surface area (Å²) in [5.74, 6) is -0.585. The molecule has 5 nitrogen and oxygen atoms in total. The number of aryl methyl sites for hydroxylation is 1. The van der Waals surface area contributed by atoms with E-state index in [0.717, 1.165) is 5.56 Å². The molecule has 0 aromatic heterocycles. The maximum Gasteiger partial charge on any atom is 0.321 e. The Bertz CT molecular complexity index is 542. The van der Waals surface area contributed by atoms with Gasteiger partial charge in [-0.3, -0.25) is 4.79 Å². The van der Waals surface area contributed by atoms with Gasteiger partial charge in [-0.05, 0) is 43.0 Å². The largest absolute Gasteiger partial charge is 0.480 e. The molecule has 0 spiro atoms. The van der Waals surface area contributed by atoms with Crippen LogP contribution in [0.1, 0.15) is 12.0 Å². The van der Waals surface area contributed by atoms with E-state index in [0.29, 0.717) is 5.75 Å². The number of hydrogen-bond donors (Lipinski definition) is 2. The highest BCUT2D eigenvalue weighted by atomic mass is 32.2. The molecule has 0 aliphatic carbocycles. The number of rotatable bonds is 7. The molecule has 0 fully saturated rings. The second-order valence-electron chi connectivity index (χ2n) is 4.11. The monoisotopic (exact) mass is 303 g/mol. The van der Waals surface area contributed by atoms with Gasteiger partial charge < -0.3 is 5.11 Å². The van der Waals surface area contributed by atoms with Crippen LogP contribution in [0.2, 0.25) is 0 Å². The normalized spacial score (nSPS) is 13.2. The van der Waals surface area contributed by atoms with Gasteiger partial charge in [0.2, 0.25) is 10.0 Å². The predicted molar refractivity (Wildman–Crippen MR) is 75.9 cm³/mol. The van der Waals surface area contributed by atoms with E-state index in [1.54, 1.807) is 19.1 Å². The second-order valence-corrected chi connectivity index (χ2v) is 6.81. The molecule has 0 saturated heterocycles. The van der Waals surface area contributed by atoms with E-state index in [-0.39, 0.29) is 11.3 Å². The van der Waals surface area contributed by atoms with Gasteiger partial charge in [0.25, 0.3) is 0 Å². The summed E-state index contributed by atoms with van der Waals surface area (Å²) in [5.41, 5.74) is 0.805. The summed E-state index contributed by atoms with van der Waals surface area (Å²) >= 11 is 1.47. The van der Waals surface area contributed by atoms with Crippen molar-refractivity contribution in [3.05, 3.63) is 29.8 Å². The first kappa shape index (κ1) is 16.0. The molecule has 0 unspecified atom stereocenters. The Kier molecular flexibility index (Phi) is 5.84. The quantitative estimate of drug-likeness (QED) is 0.797. The van der Waals surface area contributed by atoms with E-state index in [1.165, 1.54) is 23.9 Å². The number of sulfonamides is 1. The summed E-state index contributed by atoms with van der Waals surface area (Å²) in [7, 11) is -3.80. The summed E-state index contributed by atoms with van der Waals surface area (Å²) in [6.07, 6.45) is 2.09. The summed E-state index contributed by atoms with van der Waals surface area (Å²) in [5, 5.41) is 9.03. The third-order valence-corrected chi connectivity index (χ3v) is 4.62. The zero-order valence-electron chi connectivity index (χ0n) is 10.8. The fourth-order valence-corrected chi connectivity index (χ4v) is 3.31. The Morgan fingerprint density at radius 3 is 2.68 bits per heavy atom. The number of thioether (sulfide) groups is 1. The van der Waals surface area contributed by atoms with Gasteiger partial charge in [-0.25, -0.2) is 8.42 Å². The molecule has 1 rings (SSSR count). The highest BCUT2D eigenvalue weighted by Gasteiger charge is 2.24. The number of carboxylic acid groups (broad SMARTS) is 1. The van der Waals surface area contributed by atoms with Crippen LogP contribution >= 0.6 is 11.8 Å². The second kappa shape index (κ2) is 6.93. The Hall–Kier alpha value is -1.05. The molecule has 1 aromatic carbocycles. The van der Waals surface area contributed by atoms with E-state index >= 15 is 0 Å². The van der Waals surface area contributed by atoms with E-state index < -0.39 is 22.0 Å². The molecular formula is C12H17NO4S2. The third kappa shape index (κ3) is 4.85. The number of aliphatic carboxylic acids is 1. The van der Waals surface area contributed by atoms with Crippen LogP contribution in [0.15, 0.2) is 29.2 Å². The van der Waals surface area contributed by atoms with Crippen molar-refractivity contribution in [3.63, 3.8) is 0 Å². The van der Waals surface area contributed by atoms with Gasteiger partial charge in [0.15, 0.2) is 0 Å². The minimum atomic E-state index is -3.80. The fourth-order valence-electron chi connectivity index (χ4n) is 1.51. The fraction of sp³-hybridized carbons (Fsp3) is 0.417. The Morgan fingerprint density at radius 1 is 1.47 bits per heavy atom. The minimum absolute atomic E-state index is 0.0860. The van der Waals surface area contributed by atoms with E-state index in [4.69, 9.17) is 5.11 Å². The molecule has 0 saturated carbocycles. The lowest BCUT2D eigenvalue weighted by atomic mass is 10.2. The van der Waals surface area contributed by atoms with Gasteiger partial charge in [0.1, 0.15) is 6.04 Å². The Morgan fingerprint density at radius 2 is 2.16 bits per heavy atom. The number of carbonyl (C=O) groups is 1. The first-order valence-corrected chi connectivity index (χ1v) is 8.55. The molecule has 0 aliphatic rings.